The van der Waals surface area contributed by atoms with Gasteiger partial charge in [-0.1, -0.05) is 41.9 Å². The summed E-state index contributed by atoms with van der Waals surface area (Å²) in [5.74, 6) is 0.728. The van der Waals surface area contributed by atoms with E-state index in [0.717, 1.165) is 32.1 Å². The summed E-state index contributed by atoms with van der Waals surface area (Å²) in [6.45, 7) is 5.28. The van der Waals surface area contributed by atoms with Gasteiger partial charge in [0.15, 0.2) is 0 Å². The molecule has 24 heavy (non-hydrogen) atoms. The fourth-order valence-corrected chi connectivity index (χ4v) is 4.75. The van der Waals surface area contributed by atoms with Crippen LogP contribution < -0.4 is 5.73 Å². The minimum absolute atomic E-state index is 0.108. The molecule has 0 aliphatic heterocycles. The molecule has 0 unspecified atom stereocenters. The zero-order valence-corrected chi connectivity index (χ0v) is 14.9. The van der Waals surface area contributed by atoms with E-state index in [1.807, 2.05) is 6.21 Å². The molecule has 0 heterocycles. The topological polar surface area (TPSA) is 67.8 Å². The lowest BCUT2D eigenvalue weighted by molar-refractivity contribution is -0.0959. The minimum Gasteiger partial charge on any atom is -0.395 e. The predicted molar refractivity (Wildman–Crippen MR) is 97.1 cm³/mol. The summed E-state index contributed by atoms with van der Waals surface area (Å²) in [6, 6.07) is 8.74. The lowest BCUT2D eigenvalue weighted by Crippen LogP contribution is -2.49. The molecule has 0 spiro atoms. The summed E-state index contributed by atoms with van der Waals surface area (Å²) in [5, 5.41) is 15.5. The summed E-state index contributed by atoms with van der Waals surface area (Å²) in [5.41, 5.74) is 7.37. The summed E-state index contributed by atoms with van der Waals surface area (Å²) in [6.07, 6.45) is 6.72. The smallest absolute Gasteiger partial charge is 0.129 e. The first-order chi connectivity index (χ1) is 11.5. The first-order valence-electron chi connectivity index (χ1n) is 9.13. The van der Waals surface area contributed by atoms with Gasteiger partial charge in [0.2, 0.25) is 0 Å². The molecule has 1 aromatic rings. The normalized spacial score (nSPS) is 36.0. The fourth-order valence-electron chi connectivity index (χ4n) is 4.75. The van der Waals surface area contributed by atoms with Gasteiger partial charge in [0.25, 0.3) is 0 Å². The molecule has 2 aliphatic carbocycles. The van der Waals surface area contributed by atoms with Gasteiger partial charge in [-0.25, -0.2) is 0 Å². The van der Waals surface area contributed by atoms with Crippen LogP contribution in [0, 0.1) is 18.3 Å². The molecule has 0 bridgehead atoms. The van der Waals surface area contributed by atoms with Crippen LogP contribution in [0.1, 0.15) is 56.1 Å². The van der Waals surface area contributed by atoms with Crippen molar-refractivity contribution in [2.75, 3.05) is 13.2 Å². The van der Waals surface area contributed by atoms with Gasteiger partial charge in [-0.15, -0.1) is 0 Å². The Balaban J connectivity index is 1.73. The van der Waals surface area contributed by atoms with Crippen LogP contribution >= 0.6 is 0 Å². The molecule has 2 fully saturated rings. The maximum absolute atomic E-state index is 11.4. The van der Waals surface area contributed by atoms with Crippen molar-refractivity contribution in [2.24, 2.45) is 22.2 Å². The zero-order chi connectivity index (χ0) is 17.2. The highest BCUT2D eigenvalue weighted by Gasteiger charge is 2.58. The quantitative estimate of drug-likeness (QED) is 0.494. The molecule has 0 saturated heterocycles. The Kier molecular flexibility index (Phi) is 4.97. The zero-order valence-electron chi connectivity index (χ0n) is 14.9. The van der Waals surface area contributed by atoms with Crippen LogP contribution in [0.5, 0.6) is 0 Å². The van der Waals surface area contributed by atoms with Gasteiger partial charge in [0.1, 0.15) is 6.61 Å². The first-order valence-corrected chi connectivity index (χ1v) is 9.13. The van der Waals surface area contributed by atoms with Gasteiger partial charge in [-0.05, 0) is 50.5 Å². The summed E-state index contributed by atoms with van der Waals surface area (Å²) >= 11 is 0. The highest BCUT2D eigenvalue weighted by molar-refractivity contribution is 5.62. The largest absolute Gasteiger partial charge is 0.395 e. The SMILES string of the molecule is Cc1cccc([C@H]2CC[C@]3(C)[C@@H](C=NOCCN)CC[C@]3(O)C2)c1. The van der Waals surface area contributed by atoms with Crippen LogP contribution in [0.15, 0.2) is 29.4 Å². The van der Waals surface area contributed by atoms with Crippen molar-refractivity contribution in [2.45, 2.75) is 57.5 Å². The number of fused-ring (bicyclic) bond motifs is 1. The summed E-state index contributed by atoms with van der Waals surface area (Å²) in [7, 11) is 0. The fraction of sp³-hybridized carbons (Fsp3) is 0.650. The Morgan fingerprint density at radius 1 is 1.38 bits per heavy atom. The highest BCUT2D eigenvalue weighted by atomic mass is 16.6. The van der Waals surface area contributed by atoms with E-state index < -0.39 is 5.60 Å². The Morgan fingerprint density at radius 2 is 2.21 bits per heavy atom. The second-order valence-corrected chi connectivity index (χ2v) is 7.82. The van der Waals surface area contributed by atoms with E-state index in [1.54, 1.807) is 0 Å². The molecular formula is C20H30N2O2. The molecule has 2 saturated carbocycles. The molecule has 4 heteroatoms. The molecule has 0 amide bonds. The van der Waals surface area contributed by atoms with Crippen LogP contribution in [0.4, 0.5) is 0 Å². The summed E-state index contributed by atoms with van der Waals surface area (Å²) in [4.78, 5) is 5.17. The van der Waals surface area contributed by atoms with E-state index in [2.05, 4.69) is 43.3 Å². The second-order valence-electron chi connectivity index (χ2n) is 7.82. The van der Waals surface area contributed by atoms with Crippen molar-refractivity contribution in [3.63, 3.8) is 0 Å². The average molecular weight is 330 g/mol. The Labute approximate surface area is 145 Å². The van der Waals surface area contributed by atoms with E-state index >= 15 is 0 Å². The Bertz CT molecular complexity index is 603. The molecule has 4 atom stereocenters. The van der Waals surface area contributed by atoms with E-state index in [4.69, 9.17) is 10.6 Å². The van der Waals surface area contributed by atoms with Gasteiger partial charge in [0.05, 0.1) is 5.60 Å². The van der Waals surface area contributed by atoms with Gasteiger partial charge in [-0.3, -0.25) is 0 Å². The second kappa shape index (κ2) is 6.85. The van der Waals surface area contributed by atoms with Crippen molar-refractivity contribution in [3.05, 3.63) is 35.4 Å². The van der Waals surface area contributed by atoms with Gasteiger partial charge in [0, 0.05) is 24.1 Å². The van der Waals surface area contributed by atoms with Crippen LogP contribution in [0.25, 0.3) is 0 Å². The first kappa shape index (κ1) is 17.4. The predicted octanol–water partition coefficient (Wildman–Crippen LogP) is 3.37. The van der Waals surface area contributed by atoms with Crippen LogP contribution in [-0.4, -0.2) is 30.1 Å². The number of aliphatic hydroxyl groups is 1. The number of aryl methyl sites for hydroxylation is 1. The maximum atomic E-state index is 11.4. The van der Waals surface area contributed by atoms with Gasteiger partial charge >= 0.3 is 0 Å². The number of oxime groups is 1. The van der Waals surface area contributed by atoms with Crippen molar-refractivity contribution < 1.29 is 9.94 Å². The molecule has 1 aromatic carbocycles. The molecule has 0 radical (unpaired) electrons. The lowest BCUT2D eigenvalue weighted by Gasteiger charge is -2.48. The molecule has 4 nitrogen and oxygen atoms in total. The number of rotatable bonds is 5. The highest BCUT2D eigenvalue weighted by Crippen LogP contribution is 2.60. The number of hydrogen-bond donors (Lipinski definition) is 2. The minimum atomic E-state index is -0.607. The summed E-state index contributed by atoms with van der Waals surface area (Å²) < 4.78 is 0. The third-order valence-electron chi connectivity index (χ3n) is 6.38. The number of nitrogens with two attached hydrogens (primary N) is 1. The van der Waals surface area contributed by atoms with Crippen molar-refractivity contribution in [3.8, 4) is 0 Å². The molecule has 0 aromatic heterocycles. The maximum Gasteiger partial charge on any atom is 0.129 e. The van der Waals surface area contributed by atoms with E-state index in [0.29, 0.717) is 19.1 Å². The third-order valence-corrected chi connectivity index (χ3v) is 6.38. The van der Waals surface area contributed by atoms with E-state index in [-0.39, 0.29) is 11.3 Å². The Hall–Kier alpha value is -1.39. The molecule has 2 aliphatic rings. The number of nitrogens with zero attached hydrogens (tertiary/aromatic N) is 1. The van der Waals surface area contributed by atoms with Gasteiger partial charge < -0.3 is 15.7 Å². The molecule has 3 N–H and O–H groups in total. The molecule has 132 valence electrons. The van der Waals surface area contributed by atoms with E-state index in [1.165, 1.54) is 11.1 Å². The standard InChI is InChI=1S/C20H30N2O2/c1-15-4-3-5-16(12-15)17-6-8-19(2)18(14-22-24-11-10-21)7-9-20(19,23)13-17/h3-5,12,14,17-18,23H,6-11,13,21H2,1-2H3/t17-,18+,19+,20-/m0/s1. The van der Waals surface area contributed by atoms with Crippen molar-refractivity contribution in [1.82, 2.24) is 0 Å². The third kappa shape index (κ3) is 3.09. The lowest BCUT2D eigenvalue weighted by atomic mass is 9.59. The monoisotopic (exact) mass is 330 g/mol. The Morgan fingerprint density at radius 3 is 2.96 bits per heavy atom. The average Bonchev–Trinajstić information content (AvgIpc) is 2.82. The van der Waals surface area contributed by atoms with Crippen LogP contribution in [0.3, 0.4) is 0 Å². The number of hydrogen-bond acceptors (Lipinski definition) is 4. The number of benzene rings is 1. The molecular weight excluding hydrogens is 300 g/mol. The van der Waals surface area contributed by atoms with Gasteiger partial charge in [-0.2, -0.15) is 0 Å². The van der Waals surface area contributed by atoms with Crippen LogP contribution in [-0.2, 0) is 4.84 Å². The van der Waals surface area contributed by atoms with Crippen molar-refractivity contribution >= 4 is 6.21 Å². The van der Waals surface area contributed by atoms with Crippen molar-refractivity contribution in [1.29, 1.82) is 0 Å². The molecule has 3 rings (SSSR count). The van der Waals surface area contributed by atoms with Crippen LogP contribution in [0.2, 0.25) is 0 Å². The van der Waals surface area contributed by atoms with E-state index in [9.17, 15) is 5.11 Å².